The van der Waals surface area contributed by atoms with Crippen molar-refractivity contribution in [2.24, 2.45) is 5.92 Å². The van der Waals surface area contributed by atoms with Crippen LogP contribution in [0.15, 0.2) is 6.07 Å². The van der Waals surface area contributed by atoms with Crippen LogP contribution in [0.2, 0.25) is 0 Å². The van der Waals surface area contributed by atoms with Gasteiger partial charge in [-0.2, -0.15) is 9.97 Å². The molecule has 28 heavy (non-hydrogen) atoms. The van der Waals surface area contributed by atoms with Crippen LogP contribution in [-0.4, -0.2) is 46.3 Å². The number of nitrogens with one attached hydrogen (secondary N) is 2. The van der Waals surface area contributed by atoms with Gasteiger partial charge in [-0.05, 0) is 77.9 Å². The fourth-order valence-electron chi connectivity index (χ4n) is 4.10. The molecule has 0 bridgehead atoms. The van der Waals surface area contributed by atoms with Gasteiger partial charge in [0.15, 0.2) is 5.11 Å². The van der Waals surface area contributed by atoms with Crippen molar-refractivity contribution in [1.82, 2.24) is 15.3 Å². The van der Waals surface area contributed by atoms with E-state index in [0.717, 1.165) is 31.3 Å². The van der Waals surface area contributed by atoms with Gasteiger partial charge in [0.05, 0.1) is 0 Å². The average molecular weight is 405 g/mol. The Morgan fingerprint density at radius 2 is 1.82 bits per heavy atom. The Labute approximate surface area is 175 Å². The highest BCUT2D eigenvalue weighted by atomic mass is 32.1. The molecule has 3 heterocycles. The Morgan fingerprint density at radius 1 is 1.07 bits per heavy atom. The summed E-state index contributed by atoms with van der Waals surface area (Å²) in [6.07, 6.45) is 6.24. The second-order valence-electron chi connectivity index (χ2n) is 9.47. The van der Waals surface area contributed by atoms with Gasteiger partial charge >= 0.3 is 0 Å². The summed E-state index contributed by atoms with van der Waals surface area (Å²) in [6.45, 7) is 14.1. The van der Waals surface area contributed by atoms with Crippen molar-refractivity contribution >= 4 is 34.9 Å². The normalized spacial score (nSPS) is 23.5. The zero-order valence-electron chi connectivity index (χ0n) is 18.1. The Morgan fingerprint density at radius 3 is 2.50 bits per heavy atom. The van der Waals surface area contributed by atoms with Gasteiger partial charge < -0.3 is 20.4 Å². The SMILES string of the molecule is CC1CCCN(c2cc(N3CCCCC3C)nc(NC(=S)NC(C)(C)C)n2)C1. The van der Waals surface area contributed by atoms with Gasteiger partial charge in [-0.3, -0.25) is 0 Å². The lowest BCUT2D eigenvalue weighted by Crippen LogP contribution is -2.43. The molecule has 156 valence electrons. The maximum Gasteiger partial charge on any atom is 0.232 e. The molecule has 0 aromatic carbocycles. The van der Waals surface area contributed by atoms with Crippen molar-refractivity contribution < 1.29 is 0 Å². The maximum atomic E-state index is 5.50. The monoisotopic (exact) mass is 404 g/mol. The molecule has 6 nitrogen and oxygen atoms in total. The molecule has 0 saturated carbocycles. The molecular formula is C21H36N6S. The zero-order chi connectivity index (χ0) is 20.3. The van der Waals surface area contributed by atoms with Gasteiger partial charge in [-0.25, -0.2) is 0 Å². The van der Waals surface area contributed by atoms with E-state index in [0.29, 0.717) is 23.0 Å². The number of nitrogens with zero attached hydrogens (tertiary/aromatic N) is 4. The largest absolute Gasteiger partial charge is 0.358 e. The van der Waals surface area contributed by atoms with Crippen LogP contribution in [0.1, 0.15) is 66.7 Å². The van der Waals surface area contributed by atoms with Crippen molar-refractivity contribution in [2.45, 2.75) is 78.3 Å². The summed E-state index contributed by atoms with van der Waals surface area (Å²) in [6, 6.07) is 2.68. The third-order valence-corrected chi connectivity index (χ3v) is 5.70. The van der Waals surface area contributed by atoms with Gasteiger partial charge in [0.25, 0.3) is 0 Å². The fourth-order valence-corrected chi connectivity index (χ4v) is 4.49. The first-order chi connectivity index (χ1) is 13.2. The lowest BCUT2D eigenvalue weighted by atomic mass is 10.0. The van der Waals surface area contributed by atoms with E-state index in [-0.39, 0.29) is 5.54 Å². The van der Waals surface area contributed by atoms with Crippen LogP contribution in [-0.2, 0) is 0 Å². The lowest BCUT2D eigenvalue weighted by molar-refractivity contribution is 0.444. The van der Waals surface area contributed by atoms with E-state index >= 15 is 0 Å². The molecule has 1 aromatic rings. The standard InChI is InChI=1S/C21H36N6S/c1-15-9-8-11-26(14-15)17-13-18(27-12-7-6-10-16(27)2)23-19(22-17)24-20(28)25-21(3,4)5/h13,15-16H,6-12,14H2,1-5H3,(H2,22,23,24,25,28). The van der Waals surface area contributed by atoms with Gasteiger partial charge in [0.2, 0.25) is 5.95 Å². The van der Waals surface area contributed by atoms with Crippen LogP contribution in [0.25, 0.3) is 0 Å². The van der Waals surface area contributed by atoms with Crippen molar-refractivity contribution in [2.75, 3.05) is 34.8 Å². The van der Waals surface area contributed by atoms with E-state index in [1.807, 2.05) is 0 Å². The van der Waals surface area contributed by atoms with Gasteiger partial charge in [0, 0.05) is 37.3 Å². The number of hydrogen-bond acceptors (Lipinski definition) is 5. The molecule has 2 atom stereocenters. The van der Waals surface area contributed by atoms with E-state index in [9.17, 15) is 0 Å². The number of thiocarbonyl (C=S) groups is 1. The number of hydrogen-bond donors (Lipinski definition) is 2. The second-order valence-corrected chi connectivity index (χ2v) is 9.88. The number of piperidine rings is 2. The lowest BCUT2D eigenvalue weighted by Gasteiger charge is -2.36. The molecule has 2 saturated heterocycles. The van der Waals surface area contributed by atoms with E-state index in [2.05, 4.69) is 61.1 Å². The Balaban J connectivity index is 1.88. The number of anilines is 3. The number of rotatable bonds is 3. The van der Waals surface area contributed by atoms with Crippen molar-refractivity contribution in [3.05, 3.63) is 6.07 Å². The molecule has 2 unspecified atom stereocenters. The summed E-state index contributed by atoms with van der Waals surface area (Å²) in [7, 11) is 0. The summed E-state index contributed by atoms with van der Waals surface area (Å²) in [5.74, 6) is 3.30. The van der Waals surface area contributed by atoms with Crippen LogP contribution in [0.3, 0.4) is 0 Å². The third-order valence-electron chi connectivity index (χ3n) is 5.49. The fraction of sp³-hybridized carbons (Fsp3) is 0.762. The summed E-state index contributed by atoms with van der Waals surface area (Å²) >= 11 is 5.50. The highest BCUT2D eigenvalue weighted by Crippen LogP contribution is 2.29. The molecule has 2 N–H and O–H groups in total. The van der Waals surface area contributed by atoms with Gasteiger partial charge in [0.1, 0.15) is 11.6 Å². The molecule has 1 aromatic heterocycles. The van der Waals surface area contributed by atoms with Crippen molar-refractivity contribution in [1.29, 1.82) is 0 Å². The maximum absolute atomic E-state index is 5.50. The predicted molar refractivity (Wildman–Crippen MR) is 122 cm³/mol. The van der Waals surface area contributed by atoms with Gasteiger partial charge in [-0.1, -0.05) is 6.92 Å². The number of aromatic nitrogens is 2. The minimum atomic E-state index is -0.103. The van der Waals surface area contributed by atoms with Gasteiger partial charge in [-0.15, -0.1) is 0 Å². The molecule has 2 fully saturated rings. The third kappa shape index (κ3) is 5.69. The molecule has 0 spiro atoms. The molecule has 0 amide bonds. The Bertz CT molecular complexity index is 686. The molecule has 0 aliphatic carbocycles. The highest BCUT2D eigenvalue weighted by molar-refractivity contribution is 7.80. The topological polar surface area (TPSA) is 56.3 Å². The molecule has 3 rings (SSSR count). The summed E-state index contributed by atoms with van der Waals surface area (Å²) in [4.78, 5) is 14.5. The Kier molecular flexibility index (Phi) is 6.63. The first-order valence-electron chi connectivity index (χ1n) is 10.7. The molecule has 2 aliphatic heterocycles. The average Bonchev–Trinajstić information content (AvgIpc) is 2.60. The Hall–Kier alpha value is -1.63. The highest BCUT2D eigenvalue weighted by Gasteiger charge is 2.24. The van der Waals surface area contributed by atoms with Crippen LogP contribution in [0.5, 0.6) is 0 Å². The van der Waals surface area contributed by atoms with E-state index in [1.54, 1.807) is 0 Å². The summed E-state index contributed by atoms with van der Waals surface area (Å²) < 4.78 is 0. The summed E-state index contributed by atoms with van der Waals surface area (Å²) in [5.41, 5.74) is -0.103. The minimum absolute atomic E-state index is 0.103. The molecule has 2 aliphatic rings. The predicted octanol–water partition coefficient (Wildman–Crippen LogP) is 4.18. The second kappa shape index (κ2) is 8.80. The van der Waals surface area contributed by atoms with Crippen LogP contribution in [0, 0.1) is 5.92 Å². The quantitative estimate of drug-likeness (QED) is 0.733. The van der Waals surface area contributed by atoms with Crippen LogP contribution < -0.4 is 20.4 Å². The first-order valence-corrected chi connectivity index (χ1v) is 11.1. The van der Waals surface area contributed by atoms with E-state index in [4.69, 9.17) is 22.2 Å². The van der Waals surface area contributed by atoms with Crippen molar-refractivity contribution in [3.8, 4) is 0 Å². The molecular weight excluding hydrogens is 368 g/mol. The minimum Gasteiger partial charge on any atom is -0.358 e. The van der Waals surface area contributed by atoms with Crippen LogP contribution in [0.4, 0.5) is 17.6 Å². The zero-order valence-corrected chi connectivity index (χ0v) is 18.9. The van der Waals surface area contributed by atoms with E-state index in [1.165, 1.54) is 32.1 Å². The first kappa shape index (κ1) is 21.1. The summed E-state index contributed by atoms with van der Waals surface area (Å²) in [5, 5.41) is 7.09. The van der Waals surface area contributed by atoms with Crippen molar-refractivity contribution in [3.63, 3.8) is 0 Å². The molecule has 0 radical (unpaired) electrons. The van der Waals surface area contributed by atoms with E-state index < -0.39 is 0 Å². The van der Waals surface area contributed by atoms with Crippen LogP contribution >= 0.6 is 12.2 Å². The smallest absolute Gasteiger partial charge is 0.232 e. The molecule has 7 heteroatoms.